The Morgan fingerprint density at radius 3 is 2.63 bits per heavy atom. The lowest BCUT2D eigenvalue weighted by atomic mass is 10.1. The molecule has 0 unspecified atom stereocenters. The van der Waals surface area contributed by atoms with Crippen LogP contribution in [0.1, 0.15) is 0 Å². The Kier molecular flexibility index (Phi) is 3.51. The van der Waals surface area contributed by atoms with Crippen molar-refractivity contribution in [2.45, 2.75) is 0 Å². The van der Waals surface area contributed by atoms with E-state index in [-0.39, 0.29) is 5.56 Å². The second-order valence-electron chi connectivity index (χ2n) is 6.08. The molecule has 130 valence electrons. The van der Waals surface area contributed by atoms with Crippen LogP contribution in [0.4, 0.5) is 0 Å². The molecule has 27 heavy (non-hydrogen) atoms. The maximum absolute atomic E-state index is 11.7. The van der Waals surface area contributed by atoms with Gasteiger partial charge in [0.25, 0.3) is 0 Å². The Hall–Kier alpha value is -3.51. The first kappa shape index (κ1) is 15.7. The van der Waals surface area contributed by atoms with Gasteiger partial charge in [-0.15, -0.1) is 0 Å². The number of fused-ring (bicyclic) bond motifs is 2. The number of nitrogens with zero attached hydrogens (tertiary/aromatic N) is 4. The maximum atomic E-state index is 11.7. The summed E-state index contributed by atoms with van der Waals surface area (Å²) in [5.41, 5.74) is 4.56. The third kappa shape index (κ3) is 2.67. The average molecular weight is 374 g/mol. The summed E-state index contributed by atoms with van der Waals surface area (Å²) >= 11 is 6.41. The Bertz CT molecular complexity index is 1360. The number of aromatic nitrogens is 5. The molecule has 0 aliphatic heterocycles. The molecule has 0 atom stereocenters. The Labute approximate surface area is 158 Å². The van der Waals surface area contributed by atoms with E-state index >= 15 is 0 Å². The monoisotopic (exact) mass is 373 g/mol. The van der Waals surface area contributed by atoms with Crippen LogP contribution >= 0.6 is 11.6 Å². The molecule has 5 aromatic rings. The number of rotatable bonds is 2. The average Bonchev–Trinajstić information content (AvgIpc) is 3.17. The normalized spacial score (nSPS) is 11.3. The number of imidazole rings is 1. The number of hydrogen-bond donors (Lipinski definition) is 1. The van der Waals surface area contributed by atoms with Crippen LogP contribution < -0.4 is 5.56 Å². The first-order valence-electron chi connectivity index (χ1n) is 8.28. The summed E-state index contributed by atoms with van der Waals surface area (Å²) in [4.78, 5) is 28.2. The molecule has 0 spiro atoms. The van der Waals surface area contributed by atoms with Crippen molar-refractivity contribution in [1.82, 2.24) is 24.3 Å². The summed E-state index contributed by atoms with van der Waals surface area (Å²) in [6, 6.07) is 14.7. The highest BCUT2D eigenvalue weighted by atomic mass is 35.5. The number of hydrogen-bond acceptors (Lipinski definition) is 4. The first-order valence-corrected chi connectivity index (χ1v) is 8.66. The largest absolute Gasteiger partial charge is 0.305 e. The number of aromatic amines is 1. The zero-order valence-corrected chi connectivity index (χ0v) is 14.7. The molecule has 0 saturated heterocycles. The highest BCUT2D eigenvalue weighted by molar-refractivity contribution is 6.33. The van der Waals surface area contributed by atoms with E-state index in [0.717, 1.165) is 11.1 Å². The maximum Gasteiger partial charge on any atom is 0.249 e. The van der Waals surface area contributed by atoms with Crippen LogP contribution in [0, 0.1) is 0 Å². The number of pyridine rings is 2. The smallest absolute Gasteiger partial charge is 0.249 e. The fraction of sp³-hybridized carbons (Fsp3) is 0. The predicted octanol–water partition coefficient (Wildman–Crippen LogP) is 3.95. The van der Waals surface area contributed by atoms with E-state index in [1.165, 1.54) is 6.07 Å². The predicted molar refractivity (Wildman–Crippen MR) is 105 cm³/mol. The van der Waals surface area contributed by atoms with Gasteiger partial charge in [-0.25, -0.2) is 15.0 Å². The molecule has 0 radical (unpaired) electrons. The topological polar surface area (TPSA) is 75.9 Å². The molecule has 6 nitrogen and oxygen atoms in total. The summed E-state index contributed by atoms with van der Waals surface area (Å²) in [5, 5.41) is 0.528. The minimum absolute atomic E-state index is 0.216. The zero-order chi connectivity index (χ0) is 18.4. The summed E-state index contributed by atoms with van der Waals surface area (Å²) in [6.07, 6.45) is 5.45. The molecule has 0 bridgehead atoms. The van der Waals surface area contributed by atoms with Gasteiger partial charge >= 0.3 is 0 Å². The second-order valence-corrected chi connectivity index (χ2v) is 6.49. The van der Waals surface area contributed by atoms with Crippen molar-refractivity contribution in [3.8, 4) is 22.5 Å². The molecule has 4 aromatic heterocycles. The van der Waals surface area contributed by atoms with Crippen molar-refractivity contribution in [2.24, 2.45) is 0 Å². The highest BCUT2D eigenvalue weighted by Crippen LogP contribution is 2.32. The van der Waals surface area contributed by atoms with Crippen molar-refractivity contribution in [1.29, 1.82) is 0 Å². The van der Waals surface area contributed by atoms with Gasteiger partial charge in [-0.1, -0.05) is 41.9 Å². The quantitative estimate of drug-likeness (QED) is 0.508. The van der Waals surface area contributed by atoms with E-state index in [9.17, 15) is 4.79 Å². The summed E-state index contributed by atoms with van der Waals surface area (Å²) in [5.74, 6) is 0. The minimum atomic E-state index is -0.216. The van der Waals surface area contributed by atoms with E-state index in [2.05, 4.69) is 9.97 Å². The van der Waals surface area contributed by atoms with Crippen molar-refractivity contribution < 1.29 is 0 Å². The molecular formula is C20H12ClN5O. The van der Waals surface area contributed by atoms with Gasteiger partial charge in [-0.05, 0) is 12.1 Å². The van der Waals surface area contributed by atoms with Gasteiger partial charge in [0, 0.05) is 35.8 Å². The second kappa shape index (κ2) is 6.03. The molecular weight excluding hydrogens is 362 g/mol. The Morgan fingerprint density at radius 1 is 0.963 bits per heavy atom. The van der Waals surface area contributed by atoms with Crippen LogP contribution in [0.5, 0.6) is 0 Å². The lowest BCUT2D eigenvalue weighted by molar-refractivity contribution is 1.16. The molecule has 0 saturated carbocycles. The van der Waals surface area contributed by atoms with E-state index in [0.29, 0.717) is 33.2 Å². The number of halogens is 1. The van der Waals surface area contributed by atoms with Crippen molar-refractivity contribution >= 4 is 28.4 Å². The van der Waals surface area contributed by atoms with E-state index in [1.54, 1.807) is 12.3 Å². The fourth-order valence-corrected chi connectivity index (χ4v) is 3.35. The van der Waals surface area contributed by atoms with Crippen LogP contribution in [-0.2, 0) is 0 Å². The molecule has 7 heteroatoms. The highest BCUT2D eigenvalue weighted by Gasteiger charge is 2.15. The van der Waals surface area contributed by atoms with Gasteiger partial charge in [0.05, 0.1) is 16.4 Å². The summed E-state index contributed by atoms with van der Waals surface area (Å²) < 4.78 is 1.85. The van der Waals surface area contributed by atoms with Gasteiger partial charge in [0.1, 0.15) is 5.52 Å². The third-order valence-corrected chi connectivity index (χ3v) is 4.60. The van der Waals surface area contributed by atoms with E-state index in [1.807, 2.05) is 53.2 Å². The molecule has 0 fully saturated rings. The van der Waals surface area contributed by atoms with Crippen LogP contribution in [-0.4, -0.2) is 24.3 Å². The fourth-order valence-electron chi connectivity index (χ4n) is 3.09. The summed E-state index contributed by atoms with van der Waals surface area (Å²) in [7, 11) is 0. The van der Waals surface area contributed by atoms with Gasteiger partial charge in [-0.3, -0.25) is 4.79 Å². The SMILES string of the molecule is O=c1ccc2nc(-c3cc(Cl)c4nccn4c3)c(-c3ccccc3)nc2[nH]1. The Morgan fingerprint density at radius 2 is 1.78 bits per heavy atom. The molecule has 0 aliphatic carbocycles. The Balaban J connectivity index is 1.86. The molecule has 1 N–H and O–H groups in total. The first-order chi connectivity index (χ1) is 13.2. The minimum Gasteiger partial charge on any atom is -0.305 e. The number of H-pyrrole nitrogens is 1. The van der Waals surface area contributed by atoms with Gasteiger partial charge in [-0.2, -0.15) is 0 Å². The van der Waals surface area contributed by atoms with Gasteiger partial charge in [0.2, 0.25) is 5.56 Å². The van der Waals surface area contributed by atoms with Crippen LogP contribution in [0.15, 0.2) is 71.9 Å². The molecule has 0 amide bonds. The van der Waals surface area contributed by atoms with Crippen molar-refractivity contribution in [3.05, 3.63) is 82.5 Å². The van der Waals surface area contributed by atoms with Crippen LogP contribution in [0.25, 0.3) is 39.3 Å². The number of benzene rings is 1. The van der Waals surface area contributed by atoms with E-state index in [4.69, 9.17) is 21.6 Å². The van der Waals surface area contributed by atoms with E-state index < -0.39 is 0 Å². The lowest BCUT2D eigenvalue weighted by Gasteiger charge is -2.11. The van der Waals surface area contributed by atoms with Crippen LogP contribution in [0.3, 0.4) is 0 Å². The third-order valence-electron chi connectivity index (χ3n) is 4.32. The van der Waals surface area contributed by atoms with Gasteiger partial charge in [0.15, 0.2) is 11.3 Å². The molecule has 4 heterocycles. The molecule has 5 rings (SSSR count). The zero-order valence-electron chi connectivity index (χ0n) is 13.9. The van der Waals surface area contributed by atoms with Crippen molar-refractivity contribution in [3.63, 3.8) is 0 Å². The van der Waals surface area contributed by atoms with Crippen LogP contribution in [0.2, 0.25) is 5.02 Å². The summed E-state index contributed by atoms with van der Waals surface area (Å²) in [6.45, 7) is 0. The van der Waals surface area contributed by atoms with Gasteiger partial charge < -0.3 is 9.38 Å². The molecule has 1 aromatic carbocycles. The number of nitrogens with one attached hydrogen (secondary N) is 1. The molecule has 0 aliphatic rings. The lowest BCUT2D eigenvalue weighted by Crippen LogP contribution is -2.06. The van der Waals surface area contributed by atoms with Crippen molar-refractivity contribution in [2.75, 3.05) is 0 Å². The standard InChI is InChI=1S/C20H12ClN5O/c21-14-10-13(11-26-9-8-22-20(14)26)18-17(12-4-2-1-3-5-12)25-19-15(23-18)6-7-16(27)24-19/h1-11H,(H,24,25,27).